The molecular weight excluding hydrogens is 276 g/mol. The number of ketones is 1. The van der Waals surface area contributed by atoms with E-state index in [2.05, 4.69) is 20.5 Å². The highest BCUT2D eigenvalue weighted by Gasteiger charge is 2.20. The first-order chi connectivity index (χ1) is 9.65. The number of carbonyl (C=O) groups is 2. The van der Waals surface area contributed by atoms with Crippen molar-refractivity contribution in [2.45, 2.75) is 6.92 Å². The van der Waals surface area contributed by atoms with Crippen molar-refractivity contribution in [2.24, 2.45) is 0 Å². The van der Waals surface area contributed by atoms with Gasteiger partial charge in [0.25, 0.3) is 11.7 Å². The third-order valence-corrected chi connectivity index (χ3v) is 3.54. The van der Waals surface area contributed by atoms with Gasteiger partial charge in [0.1, 0.15) is 5.01 Å². The fourth-order valence-electron chi connectivity index (χ4n) is 1.88. The quantitative estimate of drug-likeness (QED) is 0.570. The molecule has 6 nitrogen and oxygen atoms in total. The minimum Gasteiger partial charge on any atom is -0.360 e. The first-order valence-electron chi connectivity index (χ1n) is 5.87. The zero-order valence-electron chi connectivity index (χ0n) is 10.5. The second-order valence-electron chi connectivity index (χ2n) is 4.16. The lowest BCUT2D eigenvalue weighted by atomic mass is 10.1. The molecule has 0 bridgehead atoms. The predicted molar refractivity (Wildman–Crippen MR) is 75.9 cm³/mol. The molecule has 3 rings (SSSR count). The second-order valence-corrected chi connectivity index (χ2v) is 5.34. The van der Waals surface area contributed by atoms with E-state index in [1.165, 1.54) is 17.5 Å². The highest BCUT2D eigenvalue weighted by Crippen LogP contribution is 2.19. The zero-order chi connectivity index (χ0) is 14.1. The number of fused-ring (bicyclic) bond motifs is 1. The van der Waals surface area contributed by atoms with Gasteiger partial charge in [-0.15, -0.1) is 10.2 Å². The maximum absolute atomic E-state index is 12.2. The van der Waals surface area contributed by atoms with Gasteiger partial charge in [0.2, 0.25) is 5.13 Å². The average molecular weight is 286 g/mol. The van der Waals surface area contributed by atoms with Crippen LogP contribution in [0.2, 0.25) is 0 Å². The molecule has 0 radical (unpaired) electrons. The number of Topliss-reactive ketones (excluding diaryl/α,β-unsaturated/α-hetero) is 1. The molecule has 100 valence electrons. The summed E-state index contributed by atoms with van der Waals surface area (Å²) in [5.41, 5.74) is 1.16. The zero-order valence-corrected chi connectivity index (χ0v) is 11.3. The molecule has 0 saturated carbocycles. The predicted octanol–water partition coefficient (Wildman–Crippen LogP) is 2.15. The summed E-state index contributed by atoms with van der Waals surface area (Å²) < 4.78 is 0. The van der Waals surface area contributed by atoms with Crippen molar-refractivity contribution in [3.8, 4) is 0 Å². The third kappa shape index (κ3) is 2.19. The number of nitrogens with one attached hydrogen (secondary N) is 2. The smallest absolute Gasteiger partial charge is 0.298 e. The molecule has 0 saturated heterocycles. The molecule has 0 aliphatic rings. The van der Waals surface area contributed by atoms with E-state index in [4.69, 9.17) is 0 Å². The van der Waals surface area contributed by atoms with Gasteiger partial charge >= 0.3 is 0 Å². The van der Waals surface area contributed by atoms with E-state index in [0.717, 1.165) is 15.9 Å². The van der Waals surface area contributed by atoms with Crippen molar-refractivity contribution in [2.75, 3.05) is 5.32 Å². The highest BCUT2D eigenvalue weighted by atomic mass is 32.1. The lowest BCUT2D eigenvalue weighted by Crippen LogP contribution is -2.22. The summed E-state index contributed by atoms with van der Waals surface area (Å²) in [6.07, 6.45) is 1.54. The van der Waals surface area contributed by atoms with Crippen LogP contribution in [0.3, 0.4) is 0 Å². The number of carbonyl (C=O) groups excluding carboxylic acids is 2. The number of hydrogen-bond acceptors (Lipinski definition) is 5. The van der Waals surface area contributed by atoms with Gasteiger partial charge in [-0.1, -0.05) is 29.5 Å². The number of aromatic nitrogens is 3. The number of aryl methyl sites for hydroxylation is 1. The number of anilines is 1. The van der Waals surface area contributed by atoms with Gasteiger partial charge in [0, 0.05) is 17.1 Å². The molecule has 1 amide bonds. The number of H-pyrrole nitrogens is 1. The highest BCUT2D eigenvalue weighted by molar-refractivity contribution is 7.15. The van der Waals surface area contributed by atoms with Crippen molar-refractivity contribution in [1.29, 1.82) is 0 Å². The Kier molecular flexibility index (Phi) is 3.03. The van der Waals surface area contributed by atoms with E-state index >= 15 is 0 Å². The fraction of sp³-hybridized carbons (Fsp3) is 0.0769. The Morgan fingerprint density at radius 2 is 2.05 bits per heavy atom. The lowest BCUT2D eigenvalue weighted by Gasteiger charge is -1.99. The number of benzene rings is 1. The van der Waals surface area contributed by atoms with E-state index in [0.29, 0.717) is 10.7 Å². The van der Waals surface area contributed by atoms with E-state index in [9.17, 15) is 9.59 Å². The summed E-state index contributed by atoms with van der Waals surface area (Å²) >= 11 is 1.22. The van der Waals surface area contributed by atoms with Crippen LogP contribution in [0.4, 0.5) is 5.13 Å². The van der Waals surface area contributed by atoms with Gasteiger partial charge < -0.3 is 4.98 Å². The summed E-state index contributed by atoms with van der Waals surface area (Å²) in [7, 11) is 0. The standard InChI is InChI=1S/C13H10N4O2S/c1-7-16-17-13(20-7)15-12(19)11(18)9-6-14-10-5-3-2-4-8(9)10/h2-6,14H,1H3,(H,15,17,19). The molecule has 0 atom stereocenters. The summed E-state index contributed by atoms with van der Waals surface area (Å²) in [6, 6.07) is 7.32. The van der Waals surface area contributed by atoms with E-state index in [1.807, 2.05) is 18.2 Å². The summed E-state index contributed by atoms with van der Waals surface area (Å²) in [5, 5.41) is 11.8. The van der Waals surface area contributed by atoms with Crippen molar-refractivity contribution in [1.82, 2.24) is 15.2 Å². The molecule has 2 aromatic heterocycles. The second kappa shape index (κ2) is 4.86. The summed E-state index contributed by atoms with van der Waals surface area (Å²) in [5.74, 6) is -1.32. The molecule has 0 unspecified atom stereocenters. The van der Waals surface area contributed by atoms with Crippen LogP contribution in [-0.4, -0.2) is 26.9 Å². The van der Waals surface area contributed by atoms with Gasteiger partial charge in [-0.3, -0.25) is 14.9 Å². The van der Waals surface area contributed by atoms with Crippen LogP contribution >= 0.6 is 11.3 Å². The Balaban J connectivity index is 1.86. The molecule has 0 spiro atoms. The van der Waals surface area contributed by atoms with Crippen LogP contribution < -0.4 is 5.32 Å². The first kappa shape index (κ1) is 12.5. The fourth-order valence-corrected chi connectivity index (χ4v) is 2.47. The molecular formula is C13H10N4O2S. The van der Waals surface area contributed by atoms with Crippen LogP contribution in [0.1, 0.15) is 15.4 Å². The molecule has 1 aromatic carbocycles. The number of rotatable bonds is 3. The van der Waals surface area contributed by atoms with Gasteiger partial charge in [-0.05, 0) is 13.0 Å². The minimum atomic E-state index is -0.717. The van der Waals surface area contributed by atoms with Crippen LogP contribution in [0.25, 0.3) is 10.9 Å². The van der Waals surface area contributed by atoms with E-state index in [-0.39, 0.29) is 0 Å². The maximum Gasteiger partial charge on any atom is 0.298 e. The maximum atomic E-state index is 12.2. The number of nitrogens with zero attached hydrogens (tertiary/aromatic N) is 2. The van der Waals surface area contributed by atoms with Crippen molar-refractivity contribution in [3.05, 3.63) is 41.0 Å². The normalized spacial score (nSPS) is 10.7. The Labute approximate surface area is 117 Å². The largest absolute Gasteiger partial charge is 0.360 e. The van der Waals surface area contributed by atoms with Crippen molar-refractivity contribution in [3.63, 3.8) is 0 Å². The van der Waals surface area contributed by atoms with E-state index in [1.54, 1.807) is 13.0 Å². The minimum absolute atomic E-state index is 0.320. The first-order valence-corrected chi connectivity index (χ1v) is 6.68. The average Bonchev–Trinajstić information content (AvgIpc) is 3.04. The molecule has 7 heteroatoms. The van der Waals surface area contributed by atoms with Crippen molar-refractivity contribution < 1.29 is 9.59 Å². The Morgan fingerprint density at radius 1 is 1.25 bits per heavy atom. The molecule has 0 fully saturated rings. The van der Waals surface area contributed by atoms with Gasteiger partial charge in [0.05, 0.1) is 5.56 Å². The lowest BCUT2D eigenvalue weighted by molar-refractivity contribution is -0.112. The number of amides is 1. The molecule has 2 heterocycles. The summed E-state index contributed by atoms with van der Waals surface area (Å²) in [6.45, 7) is 1.77. The monoisotopic (exact) mass is 286 g/mol. The van der Waals surface area contributed by atoms with Crippen LogP contribution in [0, 0.1) is 6.92 Å². The molecule has 0 aliphatic carbocycles. The number of hydrogen-bond donors (Lipinski definition) is 2. The van der Waals surface area contributed by atoms with Gasteiger partial charge in [0.15, 0.2) is 0 Å². The third-order valence-electron chi connectivity index (χ3n) is 2.79. The molecule has 3 aromatic rings. The summed E-state index contributed by atoms with van der Waals surface area (Å²) in [4.78, 5) is 27.0. The van der Waals surface area contributed by atoms with Gasteiger partial charge in [-0.25, -0.2) is 0 Å². The van der Waals surface area contributed by atoms with Crippen LogP contribution in [0.5, 0.6) is 0 Å². The number of para-hydroxylation sites is 1. The van der Waals surface area contributed by atoms with E-state index < -0.39 is 11.7 Å². The van der Waals surface area contributed by atoms with Crippen molar-refractivity contribution >= 4 is 39.1 Å². The van der Waals surface area contributed by atoms with Gasteiger partial charge in [-0.2, -0.15) is 0 Å². The Morgan fingerprint density at radius 3 is 2.80 bits per heavy atom. The molecule has 0 aliphatic heterocycles. The Hall–Kier alpha value is -2.54. The SMILES string of the molecule is Cc1nnc(NC(=O)C(=O)c2c[nH]c3ccccc23)s1. The van der Waals surface area contributed by atoms with Crippen LogP contribution in [0.15, 0.2) is 30.5 Å². The van der Waals surface area contributed by atoms with Crippen LogP contribution in [-0.2, 0) is 4.79 Å². The molecule has 20 heavy (non-hydrogen) atoms. The number of aromatic amines is 1. The topological polar surface area (TPSA) is 87.7 Å². The Bertz CT molecular complexity index is 805. The molecule has 2 N–H and O–H groups in total.